The summed E-state index contributed by atoms with van der Waals surface area (Å²) in [6.07, 6.45) is 2.30. The fourth-order valence-corrected chi connectivity index (χ4v) is 2.53. The number of benzene rings is 1. The van der Waals surface area contributed by atoms with Crippen LogP contribution in [0.1, 0.15) is 49.9 Å². The van der Waals surface area contributed by atoms with Gasteiger partial charge in [0.2, 0.25) is 0 Å². The predicted octanol–water partition coefficient (Wildman–Crippen LogP) is 2.62. The van der Waals surface area contributed by atoms with E-state index < -0.39 is 11.5 Å². The largest absolute Gasteiger partial charge is 0.490 e. The summed E-state index contributed by atoms with van der Waals surface area (Å²) in [7, 11) is 0. The number of amides is 1. The third kappa shape index (κ3) is 5.85. The lowest BCUT2D eigenvalue weighted by Crippen LogP contribution is -2.43. The van der Waals surface area contributed by atoms with E-state index >= 15 is 0 Å². The maximum absolute atomic E-state index is 12.3. The highest BCUT2D eigenvalue weighted by Gasteiger charge is 2.22. The Kier molecular flexibility index (Phi) is 6.20. The maximum Gasteiger partial charge on any atom is 0.303 e. The van der Waals surface area contributed by atoms with E-state index in [2.05, 4.69) is 5.32 Å². The van der Waals surface area contributed by atoms with Crippen LogP contribution in [-0.4, -0.2) is 41.8 Å². The van der Waals surface area contributed by atoms with Crippen molar-refractivity contribution in [1.82, 2.24) is 5.32 Å². The van der Waals surface area contributed by atoms with Crippen LogP contribution in [0.25, 0.3) is 0 Å². The highest BCUT2D eigenvalue weighted by molar-refractivity contribution is 5.94. The van der Waals surface area contributed by atoms with E-state index in [1.807, 2.05) is 13.8 Å². The molecule has 6 heteroatoms. The first kappa shape index (κ1) is 18.3. The van der Waals surface area contributed by atoms with Crippen LogP contribution in [0.5, 0.6) is 5.75 Å². The molecule has 0 spiro atoms. The smallest absolute Gasteiger partial charge is 0.303 e. The standard InChI is InChI=1S/C18H25NO5/c1-18(2,10-7-16(20)21)19-17(22)13-3-5-14(6-4-13)24-15-8-11-23-12-9-15/h3-6,15H,7-12H2,1-2H3,(H,19,22)(H,20,21). The number of ether oxygens (including phenoxy) is 2. The van der Waals surface area contributed by atoms with Crippen molar-refractivity contribution < 1.29 is 24.2 Å². The summed E-state index contributed by atoms with van der Waals surface area (Å²) >= 11 is 0. The lowest BCUT2D eigenvalue weighted by Gasteiger charge is -2.26. The molecule has 1 aliphatic rings. The molecule has 132 valence electrons. The molecule has 0 radical (unpaired) electrons. The number of carboxylic acid groups (broad SMARTS) is 1. The Balaban J connectivity index is 1.89. The quantitative estimate of drug-likeness (QED) is 0.800. The highest BCUT2D eigenvalue weighted by atomic mass is 16.5. The van der Waals surface area contributed by atoms with Crippen molar-refractivity contribution in [1.29, 1.82) is 0 Å². The molecule has 1 aromatic carbocycles. The minimum absolute atomic E-state index is 0.0190. The van der Waals surface area contributed by atoms with Crippen LogP contribution >= 0.6 is 0 Å². The lowest BCUT2D eigenvalue weighted by atomic mass is 9.98. The van der Waals surface area contributed by atoms with E-state index in [1.165, 1.54) is 0 Å². The Labute approximate surface area is 142 Å². The molecule has 1 fully saturated rings. The zero-order valence-electron chi connectivity index (χ0n) is 14.2. The van der Waals surface area contributed by atoms with Crippen LogP contribution in [-0.2, 0) is 9.53 Å². The van der Waals surface area contributed by atoms with Crippen LogP contribution < -0.4 is 10.1 Å². The average molecular weight is 335 g/mol. The normalized spacial score (nSPS) is 15.8. The summed E-state index contributed by atoms with van der Waals surface area (Å²) in [6.45, 7) is 5.07. The van der Waals surface area contributed by atoms with Crippen LogP contribution in [0, 0.1) is 0 Å². The molecule has 0 unspecified atom stereocenters. The number of hydrogen-bond acceptors (Lipinski definition) is 4. The Morgan fingerprint density at radius 3 is 2.46 bits per heavy atom. The van der Waals surface area contributed by atoms with Gasteiger partial charge in [-0.15, -0.1) is 0 Å². The van der Waals surface area contributed by atoms with Gasteiger partial charge in [-0.25, -0.2) is 0 Å². The van der Waals surface area contributed by atoms with Crippen molar-refractivity contribution in [2.24, 2.45) is 0 Å². The van der Waals surface area contributed by atoms with Crippen LogP contribution in [0.3, 0.4) is 0 Å². The molecule has 0 aromatic heterocycles. The number of rotatable bonds is 7. The summed E-state index contributed by atoms with van der Waals surface area (Å²) in [6, 6.07) is 7.01. The molecule has 0 saturated carbocycles. The summed E-state index contributed by atoms with van der Waals surface area (Å²) in [5.74, 6) is -0.349. The first-order valence-electron chi connectivity index (χ1n) is 8.24. The van der Waals surface area contributed by atoms with Crippen LogP contribution in [0.15, 0.2) is 24.3 Å². The Morgan fingerprint density at radius 1 is 1.25 bits per heavy atom. The van der Waals surface area contributed by atoms with Gasteiger partial charge in [-0.2, -0.15) is 0 Å². The first-order chi connectivity index (χ1) is 11.4. The summed E-state index contributed by atoms with van der Waals surface area (Å²) < 4.78 is 11.2. The topological polar surface area (TPSA) is 84.9 Å². The number of carbonyl (C=O) groups is 2. The van der Waals surface area contributed by atoms with E-state index in [0.29, 0.717) is 12.0 Å². The van der Waals surface area contributed by atoms with Crippen molar-refractivity contribution in [3.05, 3.63) is 29.8 Å². The van der Waals surface area contributed by atoms with Gasteiger partial charge in [-0.05, 0) is 44.5 Å². The van der Waals surface area contributed by atoms with Gasteiger partial charge in [0.25, 0.3) is 5.91 Å². The maximum atomic E-state index is 12.3. The Hall–Kier alpha value is -2.08. The number of hydrogen-bond donors (Lipinski definition) is 2. The van der Waals surface area contributed by atoms with Crippen molar-refractivity contribution in [2.45, 2.75) is 51.2 Å². The molecule has 1 saturated heterocycles. The van der Waals surface area contributed by atoms with Gasteiger partial charge in [-0.1, -0.05) is 0 Å². The SMILES string of the molecule is CC(C)(CCC(=O)O)NC(=O)c1ccc(OC2CCOCC2)cc1. The number of carboxylic acids is 1. The van der Waals surface area contributed by atoms with E-state index in [0.717, 1.165) is 31.8 Å². The molecule has 2 N–H and O–H groups in total. The highest BCUT2D eigenvalue weighted by Crippen LogP contribution is 2.19. The van der Waals surface area contributed by atoms with E-state index in [9.17, 15) is 9.59 Å². The van der Waals surface area contributed by atoms with E-state index in [4.69, 9.17) is 14.6 Å². The average Bonchev–Trinajstić information content (AvgIpc) is 2.54. The first-order valence-corrected chi connectivity index (χ1v) is 8.24. The van der Waals surface area contributed by atoms with Gasteiger partial charge >= 0.3 is 5.97 Å². The summed E-state index contributed by atoms with van der Waals surface area (Å²) in [5, 5.41) is 11.6. The molecule has 1 aliphatic heterocycles. The fraction of sp³-hybridized carbons (Fsp3) is 0.556. The Bertz CT molecular complexity index is 561. The molecule has 0 aliphatic carbocycles. The second-order valence-corrected chi connectivity index (χ2v) is 6.69. The van der Waals surface area contributed by atoms with Gasteiger partial charge in [0.1, 0.15) is 11.9 Å². The van der Waals surface area contributed by atoms with Gasteiger partial charge in [0, 0.05) is 30.4 Å². The van der Waals surface area contributed by atoms with E-state index in [1.54, 1.807) is 24.3 Å². The van der Waals surface area contributed by atoms with Gasteiger partial charge in [0.15, 0.2) is 0 Å². The Morgan fingerprint density at radius 2 is 1.88 bits per heavy atom. The molecule has 1 aromatic rings. The zero-order valence-corrected chi connectivity index (χ0v) is 14.2. The van der Waals surface area contributed by atoms with Crippen LogP contribution in [0.4, 0.5) is 0 Å². The van der Waals surface area contributed by atoms with Gasteiger partial charge in [0.05, 0.1) is 13.2 Å². The molecule has 0 atom stereocenters. The van der Waals surface area contributed by atoms with Crippen LogP contribution in [0.2, 0.25) is 0 Å². The predicted molar refractivity (Wildman–Crippen MR) is 89.3 cm³/mol. The van der Waals surface area contributed by atoms with E-state index in [-0.39, 0.29) is 18.4 Å². The fourth-order valence-electron chi connectivity index (χ4n) is 2.53. The third-order valence-corrected chi connectivity index (χ3v) is 4.00. The summed E-state index contributed by atoms with van der Waals surface area (Å²) in [5.41, 5.74) is -0.0510. The number of aliphatic carboxylic acids is 1. The van der Waals surface area contributed by atoms with Crippen molar-refractivity contribution in [3.8, 4) is 5.75 Å². The molecule has 6 nitrogen and oxygen atoms in total. The van der Waals surface area contributed by atoms with Crippen molar-refractivity contribution in [2.75, 3.05) is 13.2 Å². The van der Waals surface area contributed by atoms with Crippen molar-refractivity contribution in [3.63, 3.8) is 0 Å². The second kappa shape index (κ2) is 8.15. The minimum atomic E-state index is -0.869. The molecule has 0 bridgehead atoms. The zero-order chi connectivity index (χ0) is 17.6. The summed E-state index contributed by atoms with van der Waals surface area (Å²) in [4.78, 5) is 23.0. The third-order valence-electron chi connectivity index (χ3n) is 4.00. The molecular formula is C18H25NO5. The van der Waals surface area contributed by atoms with Crippen molar-refractivity contribution >= 4 is 11.9 Å². The molecule has 1 heterocycles. The molecular weight excluding hydrogens is 310 g/mol. The number of nitrogens with one attached hydrogen (secondary N) is 1. The van der Waals surface area contributed by atoms with Gasteiger partial charge < -0.3 is 19.9 Å². The molecule has 24 heavy (non-hydrogen) atoms. The molecule has 2 rings (SSSR count). The number of carbonyl (C=O) groups excluding carboxylic acids is 1. The van der Waals surface area contributed by atoms with Gasteiger partial charge in [-0.3, -0.25) is 9.59 Å². The monoisotopic (exact) mass is 335 g/mol. The second-order valence-electron chi connectivity index (χ2n) is 6.69. The molecule has 1 amide bonds. The lowest BCUT2D eigenvalue weighted by molar-refractivity contribution is -0.137. The minimum Gasteiger partial charge on any atom is -0.490 e.